The van der Waals surface area contributed by atoms with Crippen LogP contribution in [0.25, 0.3) is 0 Å². The summed E-state index contributed by atoms with van der Waals surface area (Å²) in [5.74, 6) is -0.541. The third-order valence-corrected chi connectivity index (χ3v) is 3.51. The molecule has 0 aliphatic carbocycles. The summed E-state index contributed by atoms with van der Waals surface area (Å²) in [7, 11) is 0. The molecule has 3 unspecified atom stereocenters. The molecule has 0 radical (unpaired) electrons. The minimum atomic E-state index is -0.541. The molecule has 0 saturated carbocycles. The minimum Gasteiger partial charge on any atom is -0.492 e. The van der Waals surface area contributed by atoms with E-state index in [2.05, 4.69) is 0 Å². The van der Waals surface area contributed by atoms with Gasteiger partial charge in [0.25, 0.3) is 0 Å². The number of hydrogen-bond donors (Lipinski definition) is 0. The van der Waals surface area contributed by atoms with E-state index in [1.807, 2.05) is 50.3 Å². The van der Waals surface area contributed by atoms with E-state index in [9.17, 15) is 0 Å². The smallest absolute Gasteiger partial charge is 0.163 e. The van der Waals surface area contributed by atoms with Crippen molar-refractivity contribution in [2.24, 2.45) is 0 Å². The predicted molar refractivity (Wildman–Crippen MR) is 73.9 cm³/mol. The molecule has 20 heavy (non-hydrogen) atoms. The zero-order valence-corrected chi connectivity index (χ0v) is 11.8. The van der Waals surface area contributed by atoms with E-state index in [-0.39, 0.29) is 18.3 Å². The van der Waals surface area contributed by atoms with Crippen LogP contribution in [0.3, 0.4) is 0 Å². The van der Waals surface area contributed by atoms with Crippen molar-refractivity contribution < 1.29 is 18.9 Å². The Morgan fingerprint density at radius 3 is 2.75 bits per heavy atom. The highest BCUT2D eigenvalue weighted by atomic mass is 16.8. The molecule has 2 aliphatic heterocycles. The van der Waals surface area contributed by atoms with E-state index in [1.165, 1.54) is 0 Å². The summed E-state index contributed by atoms with van der Waals surface area (Å²) < 4.78 is 23.0. The van der Waals surface area contributed by atoms with Gasteiger partial charge in [0.2, 0.25) is 0 Å². The molecule has 0 spiro atoms. The van der Waals surface area contributed by atoms with Gasteiger partial charge in [-0.25, -0.2) is 0 Å². The first kappa shape index (κ1) is 13.6. The largest absolute Gasteiger partial charge is 0.492 e. The van der Waals surface area contributed by atoms with Crippen molar-refractivity contribution in [1.82, 2.24) is 0 Å². The van der Waals surface area contributed by atoms with Crippen LogP contribution in [-0.2, 0) is 25.6 Å². The van der Waals surface area contributed by atoms with E-state index in [4.69, 9.17) is 18.9 Å². The van der Waals surface area contributed by atoms with E-state index in [1.54, 1.807) is 6.26 Å². The standard InChI is InChI=1S/C16H20O4/c1-16(2)19-11-14(20-16)15-13(8-9-17-15)18-10-12-6-4-3-5-7-12/h3-9,13-15H,10-11H2,1-2H3. The van der Waals surface area contributed by atoms with Crippen LogP contribution in [0.5, 0.6) is 0 Å². The Morgan fingerprint density at radius 2 is 2.05 bits per heavy atom. The first-order valence-corrected chi connectivity index (χ1v) is 6.93. The number of rotatable bonds is 4. The molecule has 108 valence electrons. The second-order valence-corrected chi connectivity index (χ2v) is 5.56. The minimum absolute atomic E-state index is 0.0965. The molecule has 4 nitrogen and oxygen atoms in total. The van der Waals surface area contributed by atoms with E-state index < -0.39 is 5.79 Å². The average molecular weight is 276 g/mol. The van der Waals surface area contributed by atoms with Crippen LogP contribution in [0.4, 0.5) is 0 Å². The van der Waals surface area contributed by atoms with Crippen LogP contribution in [-0.4, -0.2) is 30.7 Å². The molecule has 0 N–H and O–H groups in total. The van der Waals surface area contributed by atoms with Gasteiger partial charge in [0.1, 0.15) is 12.2 Å². The topological polar surface area (TPSA) is 36.9 Å². The zero-order chi connectivity index (χ0) is 14.0. The van der Waals surface area contributed by atoms with E-state index in [0.29, 0.717) is 13.2 Å². The molecular weight excluding hydrogens is 256 g/mol. The molecule has 3 atom stereocenters. The summed E-state index contributed by atoms with van der Waals surface area (Å²) >= 11 is 0. The second kappa shape index (κ2) is 5.56. The van der Waals surface area contributed by atoms with Crippen molar-refractivity contribution in [3.05, 3.63) is 48.2 Å². The molecule has 3 rings (SSSR count). The lowest BCUT2D eigenvalue weighted by Crippen LogP contribution is -2.39. The van der Waals surface area contributed by atoms with Crippen LogP contribution >= 0.6 is 0 Å². The SMILES string of the molecule is CC1(C)OCC(C2OC=CC2OCc2ccccc2)O1. The van der Waals surface area contributed by atoms with Crippen molar-refractivity contribution in [1.29, 1.82) is 0 Å². The predicted octanol–water partition coefficient (Wildman–Crippen LogP) is 2.64. The first-order chi connectivity index (χ1) is 9.64. The normalized spacial score (nSPS) is 31.4. The molecule has 0 amide bonds. The van der Waals surface area contributed by atoms with Gasteiger partial charge in [-0.05, 0) is 25.5 Å². The zero-order valence-electron chi connectivity index (χ0n) is 11.8. The number of benzene rings is 1. The third-order valence-electron chi connectivity index (χ3n) is 3.51. The summed E-state index contributed by atoms with van der Waals surface area (Å²) in [5, 5.41) is 0. The second-order valence-electron chi connectivity index (χ2n) is 5.56. The van der Waals surface area contributed by atoms with Gasteiger partial charge >= 0.3 is 0 Å². The lowest BCUT2D eigenvalue weighted by Gasteiger charge is -2.25. The Labute approximate surface area is 119 Å². The van der Waals surface area contributed by atoms with E-state index in [0.717, 1.165) is 5.56 Å². The molecule has 4 heteroatoms. The molecule has 0 bridgehead atoms. The van der Waals surface area contributed by atoms with Gasteiger partial charge < -0.3 is 18.9 Å². The fourth-order valence-electron chi connectivity index (χ4n) is 2.49. The quantitative estimate of drug-likeness (QED) is 0.847. The summed E-state index contributed by atoms with van der Waals surface area (Å²) in [6, 6.07) is 10.1. The van der Waals surface area contributed by atoms with Gasteiger partial charge in [0, 0.05) is 0 Å². The van der Waals surface area contributed by atoms with Gasteiger partial charge in [-0.1, -0.05) is 30.3 Å². The lowest BCUT2D eigenvalue weighted by molar-refractivity contribution is -0.159. The maximum Gasteiger partial charge on any atom is 0.163 e. The van der Waals surface area contributed by atoms with Gasteiger partial charge in [0.15, 0.2) is 11.9 Å². The lowest BCUT2D eigenvalue weighted by atomic mass is 10.1. The summed E-state index contributed by atoms with van der Waals surface area (Å²) in [6.07, 6.45) is 3.29. The Bertz CT molecular complexity index is 469. The maximum atomic E-state index is 5.93. The van der Waals surface area contributed by atoms with Gasteiger partial charge in [0.05, 0.1) is 19.5 Å². The fourth-order valence-corrected chi connectivity index (χ4v) is 2.49. The fraction of sp³-hybridized carbons (Fsp3) is 0.500. The van der Waals surface area contributed by atoms with Crippen molar-refractivity contribution in [3.8, 4) is 0 Å². The summed E-state index contributed by atoms with van der Waals surface area (Å²) in [6.45, 7) is 4.92. The maximum absolute atomic E-state index is 5.93. The average Bonchev–Trinajstić information content (AvgIpc) is 3.03. The van der Waals surface area contributed by atoms with Crippen molar-refractivity contribution >= 4 is 0 Å². The Kier molecular flexibility index (Phi) is 3.78. The Morgan fingerprint density at radius 1 is 1.25 bits per heavy atom. The van der Waals surface area contributed by atoms with Crippen molar-refractivity contribution in [2.45, 2.75) is 44.6 Å². The highest BCUT2D eigenvalue weighted by molar-refractivity contribution is 5.14. The molecule has 1 aromatic carbocycles. The Hall–Kier alpha value is -1.36. The van der Waals surface area contributed by atoms with Gasteiger partial charge in [-0.3, -0.25) is 0 Å². The number of hydrogen-bond acceptors (Lipinski definition) is 4. The molecule has 1 fully saturated rings. The van der Waals surface area contributed by atoms with Gasteiger partial charge in [-0.2, -0.15) is 0 Å². The van der Waals surface area contributed by atoms with Crippen molar-refractivity contribution in [2.75, 3.05) is 6.61 Å². The van der Waals surface area contributed by atoms with Crippen LogP contribution in [0, 0.1) is 0 Å². The highest BCUT2D eigenvalue weighted by Crippen LogP contribution is 2.30. The van der Waals surface area contributed by atoms with Crippen LogP contribution in [0.15, 0.2) is 42.7 Å². The third kappa shape index (κ3) is 3.03. The van der Waals surface area contributed by atoms with Crippen LogP contribution < -0.4 is 0 Å². The van der Waals surface area contributed by atoms with Crippen molar-refractivity contribution in [3.63, 3.8) is 0 Å². The molecular formula is C16H20O4. The summed E-state index contributed by atoms with van der Waals surface area (Å²) in [5.41, 5.74) is 1.15. The Balaban J connectivity index is 1.57. The van der Waals surface area contributed by atoms with E-state index >= 15 is 0 Å². The molecule has 2 heterocycles. The first-order valence-electron chi connectivity index (χ1n) is 6.93. The number of ether oxygens (including phenoxy) is 4. The molecule has 2 aliphatic rings. The van der Waals surface area contributed by atoms with Crippen LogP contribution in [0.1, 0.15) is 19.4 Å². The summed E-state index contributed by atoms with van der Waals surface area (Å²) in [4.78, 5) is 0. The molecule has 0 aromatic heterocycles. The molecule has 1 aromatic rings. The monoisotopic (exact) mass is 276 g/mol. The highest BCUT2D eigenvalue weighted by Gasteiger charge is 2.42. The van der Waals surface area contributed by atoms with Crippen LogP contribution in [0.2, 0.25) is 0 Å². The molecule has 1 saturated heterocycles. The van der Waals surface area contributed by atoms with Gasteiger partial charge in [-0.15, -0.1) is 0 Å².